The predicted molar refractivity (Wildman–Crippen MR) is 66.2 cm³/mol. The van der Waals surface area contributed by atoms with Crippen molar-refractivity contribution in [1.82, 2.24) is 4.98 Å². The summed E-state index contributed by atoms with van der Waals surface area (Å²) in [5, 5.41) is 0. The Labute approximate surface area is 104 Å². The summed E-state index contributed by atoms with van der Waals surface area (Å²) in [5.41, 5.74) is 7.38. The molecule has 92 valence electrons. The van der Waals surface area contributed by atoms with Crippen LogP contribution in [0.4, 0.5) is 4.39 Å². The van der Waals surface area contributed by atoms with Crippen LogP contribution in [0.5, 0.6) is 11.5 Å². The van der Waals surface area contributed by atoms with Gasteiger partial charge in [-0.25, -0.2) is 4.39 Å². The monoisotopic (exact) mass is 244 g/mol. The third kappa shape index (κ3) is 1.75. The van der Waals surface area contributed by atoms with E-state index in [4.69, 9.17) is 10.5 Å². The number of rotatable bonds is 1. The topological polar surface area (TPSA) is 48.1 Å². The molecule has 18 heavy (non-hydrogen) atoms. The molecule has 0 amide bonds. The highest BCUT2D eigenvalue weighted by atomic mass is 19.1. The molecule has 0 fully saturated rings. The molecule has 0 spiro atoms. The van der Waals surface area contributed by atoms with Gasteiger partial charge in [0.1, 0.15) is 11.6 Å². The normalized spacial score (nSPS) is 17.3. The molecule has 1 aromatic heterocycles. The number of para-hydroxylation sites is 1. The van der Waals surface area contributed by atoms with E-state index in [2.05, 4.69) is 4.98 Å². The van der Waals surface area contributed by atoms with Gasteiger partial charge in [-0.2, -0.15) is 0 Å². The van der Waals surface area contributed by atoms with E-state index >= 15 is 0 Å². The lowest BCUT2D eigenvalue weighted by atomic mass is 9.92. The number of fused-ring (bicyclic) bond motifs is 2. The van der Waals surface area contributed by atoms with Crippen molar-refractivity contribution in [3.63, 3.8) is 0 Å². The molecule has 0 saturated carbocycles. The summed E-state index contributed by atoms with van der Waals surface area (Å²) in [7, 11) is 0. The van der Waals surface area contributed by atoms with Crippen LogP contribution in [-0.2, 0) is 6.42 Å². The second-order valence-corrected chi connectivity index (χ2v) is 4.37. The first-order chi connectivity index (χ1) is 8.79. The highest BCUT2D eigenvalue weighted by molar-refractivity contribution is 5.46. The van der Waals surface area contributed by atoms with E-state index in [1.54, 1.807) is 6.20 Å². The van der Waals surface area contributed by atoms with Crippen molar-refractivity contribution in [2.24, 2.45) is 5.73 Å². The van der Waals surface area contributed by atoms with Crippen LogP contribution in [0.3, 0.4) is 0 Å². The van der Waals surface area contributed by atoms with E-state index in [0.29, 0.717) is 24.3 Å². The van der Waals surface area contributed by atoms with Gasteiger partial charge in [0, 0.05) is 11.5 Å². The Hall–Kier alpha value is -1.94. The number of benzene rings is 1. The minimum atomic E-state index is -0.334. The van der Waals surface area contributed by atoms with Crippen molar-refractivity contribution in [3.05, 3.63) is 53.6 Å². The van der Waals surface area contributed by atoms with Crippen LogP contribution in [0.2, 0.25) is 0 Å². The van der Waals surface area contributed by atoms with E-state index in [0.717, 1.165) is 11.3 Å². The van der Waals surface area contributed by atoms with Gasteiger partial charge >= 0.3 is 0 Å². The summed E-state index contributed by atoms with van der Waals surface area (Å²) in [6.07, 6.45) is 3.30. The molecule has 0 bridgehead atoms. The average Bonchev–Trinajstić information content (AvgIpc) is 2.55. The highest BCUT2D eigenvalue weighted by Crippen LogP contribution is 2.39. The molecule has 1 aliphatic heterocycles. The Kier molecular flexibility index (Phi) is 2.72. The summed E-state index contributed by atoms with van der Waals surface area (Å²) >= 11 is 0. The first-order valence-corrected chi connectivity index (χ1v) is 5.89. The summed E-state index contributed by atoms with van der Waals surface area (Å²) in [5.74, 6) is 0.954. The molecule has 1 unspecified atom stereocenters. The van der Waals surface area contributed by atoms with Crippen molar-refractivity contribution in [3.8, 4) is 11.5 Å². The predicted octanol–water partition coefficient (Wildman–Crippen LogP) is 2.61. The molecule has 1 aromatic carbocycles. The Bertz CT molecular complexity index is 586. The molecule has 2 aromatic rings. The molecule has 0 radical (unpaired) electrons. The zero-order valence-electron chi connectivity index (χ0n) is 9.77. The number of nitrogens with two attached hydrogens (primary N) is 1. The second-order valence-electron chi connectivity index (χ2n) is 4.37. The first kappa shape index (κ1) is 11.2. The summed E-state index contributed by atoms with van der Waals surface area (Å²) < 4.78 is 19.6. The molecule has 1 atom stereocenters. The third-order valence-corrected chi connectivity index (χ3v) is 3.28. The molecular weight excluding hydrogens is 231 g/mol. The lowest BCUT2D eigenvalue weighted by Crippen LogP contribution is -2.14. The third-order valence-electron chi connectivity index (χ3n) is 3.28. The second kappa shape index (κ2) is 4.38. The molecule has 1 aliphatic rings. The van der Waals surface area contributed by atoms with Gasteiger partial charge in [-0.1, -0.05) is 18.2 Å². The number of hydrogen-bond acceptors (Lipinski definition) is 3. The van der Waals surface area contributed by atoms with E-state index in [9.17, 15) is 4.39 Å². The fraction of sp³-hybridized carbons (Fsp3) is 0.214. The Morgan fingerprint density at radius 3 is 2.94 bits per heavy atom. The maximum atomic E-state index is 13.8. The number of halogens is 1. The number of hydrogen-bond donors (Lipinski definition) is 1. The van der Waals surface area contributed by atoms with Gasteiger partial charge in [0.05, 0.1) is 12.4 Å². The van der Waals surface area contributed by atoms with E-state index in [1.807, 2.05) is 24.3 Å². The zero-order chi connectivity index (χ0) is 12.5. The Morgan fingerprint density at radius 2 is 2.11 bits per heavy atom. The van der Waals surface area contributed by atoms with Crippen LogP contribution < -0.4 is 10.5 Å². The Balaban J connectivity index is 2.16. The molecule has 2 heterocycles. The van der Waals surface area contributed by atoms with Gasteiger partial charge in [0.2, 0.25) is 0 Å². The molecule has 2 N–H and O–H groups in total. The van der Waals surface area contributed by atoms with E-state index in [-0.39, 0.29) is 11.7 Å². The van der Waals surface area contributed by atoms with Crippen LogP contribution in [0, 0.1) is 5.82 Å². The minimum absolute atomic E-state index is 0.0688. The van der Waals surface area contributed by atoms with Crippen LogP contribution >= 0.6 is 0 Å². The standard InChI is InChI=1S/C14H13FN2O/c15-12-7-17-8-14-11(12)5-9(6-16)10-3-1-2-4-13(10)18-14/h1-4,7-9H,5-6,16H2. The fourth-order valence-electron chi connectivity index (χ4n) is 2.33. The molecule has 4 heteroatoms. The number of aromatic nitrogens is 1. The largest absolute Gasteiger partial charge is 0.455 e. The number of pyridine rings is 1. The molecule has 3 nitrogen and oxygen atoms in total. The number of ether oxygens (including phenoxy) is 1. The number of nitrogens with zero attached hydrogens (tertiary/aromatic N) is 1. The quantitative estimate of drug-likeness (QED) is 0.838. The maximum absolute atomic E-state index is 13.8. The molecule has 0 aliphatic carbocycles. The lowest BCUT2D eigenvalue weighted by molar-refractivity contribution is 0.468. The van der Waals surface area contributed by atoms with Crippen LogP contribution in [0.25, 0.3) is 0 Å². The maximum Gasteiger partial charge on any atom is 0.151 e. The van der Waals surface area contributed by atoms with Gasteiger partial charge in [-0.3, -0.25) is 4.98 Å². The fourth-order valence-corrected chi connectivity index (χ4v) is 2.33. The van der Waals surface area contributed by atoms with Gasteiger partial charge in [0.15, 0.2) is 5.75 Å². The summed E-state index contributed by atoms with van der Waals surface area (Å²) in [6.45, 7) is 0.460. The SMILES string of the molecule is NCC1Cc2c(F)cncc2Oc2ccccc21. The van der Waals surface area contributed by atoms with Crippen molar-refractivity contribution < 1.29 is 9.13 Å². The van der Waals surface area contributed by atoms with E-state index in [1.165, 1.54) is 6.20 Å². The minimum Gasteiger partial charge on any atom is -0.455 e. The summed E-state index contributed by atoms with van der Waals surface area (Å²) in [4.78, 5) is 3.83. The van der Waals surface area contributed by atoms with Crippen molar-refractivity contribution in [1.29, 1.82) is 0 Å². The average molecular weight is 244 g/mol. The van der Waals surface area contributed by atoms with Crippen LogP contribution in [-0.4, -0.2) is 11.5 Å². The van der Waals surface area contributed by atoms with E-state index < -0.39 is 0 Å². The lowest BCUT2D eigenvalue weighted by Gasteiger charge is -2.13. The smallest absolute Gasteiger partial charge is 0.151 e. The van der Waals surface area contributed by atoms with Crippen LogP contribution in [0.15, 0.2) is 36.7 Å². The van der Waals surface area contributed by atoms with Crippen molar-refractivity contribution >= 4 is 0 Å². The van der Waals surface area contributed by atoms with Crippen molar-refractivity contribution in [2.45, 2.75) is 12.3 Å². The highest BCUT2D eigenvalue weighted by Gasteiger charge is 2.24. The zero-order valence-corrected chi connectivity index (χ0v) is 9.77. The molecule has 3 rings (SSSR count). The van der Waals surface area contributed by atoms with Gasteiger partial charge in [-0.05, 0) is 24.6 Å². The Morgan fingerprint density at radius 1 is 1.28 bits per heavy atom. The van der Waals surface area contributed by atoms with Crippen molar-refractivity contribution in [2.75, 3.05) is 6.54 Å². The molecule has 0 saturated heterocycles. The van der Waals surface area contributed by atoms with Gasteiger partial charge in [0.25, 0.3) is 0 Å². The van der Waals surface area contributed by atoms with Gasteiger partial charge in [-0.15, -0.1) is 0 Å². The molecular formula is C14H13FN2O. The van der Waals surface area contributed by atoms with Crippen LogP contribution in [0.1, 0.15) is 17.0 Å². The first-order valence-electron chi connectivity index (χ1n) is 5.89. The van der Waals surface area contributed by atoms with Gasteiger partial charge < -0.3 is 10.5 Å². The summed E-state index contributed by atoms with van der Waals surface area (Å²) in [6, 6.07) is 7.68.